The summed E-state index contributed by atoms with van der Waals surface area (Å²) in [6.07, 6.45) is 2.25. The molecule has 1 atom stereocenters. The van der Waals surface area contributed by atoms with Gasteiger partial charge in [0.2, 0.25) is 0 Å². The second-order valence-corrected chi connectivity index (χ2v) is 5.52. The van der Waals surface area contributed by atoms with Crippen molar-refractivity contribution in [1.82, 2.24) is 0 Å². The van der Waals surface area contributed by atoms with Crippen molar-refractivity contribution >= 4 is 0 Å². The Bertz CT molecular complexity index is 433. The van der Waals surface area contributed by atoms with Gasteiger partial charge < -0.3 is 9.84 Å². The summed E-state index contributed by atoms with van der Waals surface area (Å²) >= 11 is 0. The number of ether oxygens (including phenoxy) is 1. The predicted molar refractivity (Wildman–Crippen MR) is 75.8 cm³/mol. The maximum Gasteiger partial charge on any atom is 0.125 e. The average Bonchev–Trinajstić information content (AvgIpc) is 2.38. The molecule has 0 aromatic heterocycles. The minimum absolute atomic E-state index is 0.252. The number of unbranched alkanes of at least 4 members (excludes halogenated alkanes) is 1. The second-order valence-electron chi connectivity index (χ2n) is 5.52. The molecular weight excluding hydrogens is 238 g/mol. The highest BCUT2D eigenvalue weighted by Gasteiger charge is 2.15. The van der Waals surface area contributed by atoms with Crippen LogP contribution >= 0.6 is 0 Å². The Morgan fingerprint density at radius 2 is 2.00 bits per heavy atom. The summed E-state index contributed by atoms with van der Waals surface area (Å²) in [6, 6.07) is 9.85. The highest BCUT2D eigenvalue weighted by atomic mass is 16.5. The molecule has 0 aliphatic rings. The third-order valence-electron chi connectivity index (χ3n) is 3.13. The molecule has 0 heterocycles. The number of hydrogen-bond acceptors (Lipinski definition) is 3. The fourth-order valence-corrected chi connectivity index (χ4v) is 1.86. The normalized spacial score (nSPS) is 12.8. The molecule has 0 aliphatic carbocycles. The first-order valence-electron chi connectivity index (χ1n) is 6.77. The standard InChI is InChI=1S/C16H23NO2/c1-13(18)14-8-4-5-9-15(14)19-11-7-6-10-16(2,3)12-17/h4-5,8-9,13,18H,6-7,10-11H2,1-3H3. The van der Waals surface area contributed by atoms with Gasteiger partial charge in [-0.1, -0.05) is 18.2 Å². The van der Waals surface area contributed by atoms with E-state index in [1.807, 2.05) is 38.1 Å². The summed E-state index contributed by atoms with van der Waals surface area (Å²) in [6.45, 7) is 6.26. The summed E-state index contributed by atoms with van der Waals surface area (Å²) in [5.74, 6) is 0.747. The zero-order valence-corrected chi connectivity index (χ0v) is 12.0. The Kier molecular flexibility index (Phi) is 5.85. The highest BCUT2D eigenvalue weighted by molar-refractivity contribution is 5.34. The van der Waals surface area contributed by atoms with Crippen LogP contribution in [-0.4, -0.2) is 11.7 Å². The SMILES string of the molecule is CC(O)c1ccccc1OCCCCC(C)(C)C#N. The monoisotopic (exact) mass is 261 g/mol. The first-order valence-corrected chi connectivity index (χ1v) is 6.77. The van der Waals surface area contributed by atoms with Crippen LogP contribution in [0.3, 0.4) is 0 Å². The van der Waals surface area contributed by atoms with E-state index < -0.39 is 6.10 Å². The lowest BCUT2D eigenvalue weighted by atomic mass is 9.89. The molecule has 1 unspecified atom stereocenters. The van der Waals surface area contributed by atoms with Crippen LogP contribution in [-0.2, 0) is 0 Å². The van der Waals surface area contributed by atoms with Crippen molar-refractivity contribution in [3.05, 3.63) is 29.8 Å². The molecule has 104 valence electrons. The molecule has 1 rings (SSSR count). The molecule has 3 heteroatoms. The van der Waals surface area contributed by atoms with Crippen LogP contribution in [0.5, 0.6) is 5.75 Å². The Morgan fingerprint density at radius 1 is 1.32 bits per heavy atom. The molecule has 0 aliphatic heterocycles. The Morgan fingerprint density at radius 3 is 2.63 bits per heavy atom. The largest absolute Gasteiger partial charge is 0.493 e. The molecule has 0 saturated carbocycles. The number of aliphatic hydroxyl groups is 1. The fourth-order valence-electron chi connectivity index (χ4n) is 1.86. The van der Waals surface area contributed by atoms with Gasteiger partial charge in [0.1, 0.15) is 5.75 Å². The van der Waals surface area contributed by atoms with Crippen LogP contribution < -0.4 is 4.74 Å². The molecule has 1 aromatic rings. The van der Waals surface area contributed by atoms with Gasteiger partial charge in [-0.25, -0.2) is 0 Å². The zero-order chi connectivity index (χ0) is 14.3. The van der Waals surface area contributed by atoms with Crippen LogP contribution in [0.1, 0.15) is 51.7 Å². The molecule has 0 fully saturated rings. The number of nitriles is 1. The van der Waals surface area contributed by atoms with Gasteiger partial charge in [-0.05, 0) is 46.1 Å². The third-order valence-corrected chi connectivity index (χ3v) is 3.13. The summed E-state index contributed by atoms with van der Waals surface area (Å²) in [5, 5.41) is 18.5. The molecule has 0 bridgehead atoms. The first kappa shape index (κ1) is 15.5. The smallest absolute Gasteiger partial charge is 0.125 e. The number of nitrogens with zero attached hydrogens (tertiary/aromatic N) is 1. The lowest BCUT2D eigenvalue weighted by molar-refractivity contribution is 0.190. The average molecular weight is 261 g/mol. The van der Waals surface area contributed by atoms with E-state index in [1.54, 1.807) is 6.92 Å². The van der Waals surface area contributed by atoms with Crippen molar-refractivity contribution in [2.45, 2.75) is 46.1 Å². The molecule has 1 aromatic carbocycles. The molecule has 0 amide bonds. The predicted octanol–water partition coefficient (Wildman–Crippen LogP) is 3.84. The topological polar surface area (TPSA) is 53.2 Å². The number of aliphatic hydroxyl groups excluding tert-OH is 1. The molecule has 1 N–H and O–H groups in total. The van der Waals surface area contributed by atoms with Gasteiger partial charge >= 0.3 is 0 Å². The maximum absolute atomic E-state index is 9.63. The van der Waals surface area contributed by atoms with Crippen LogP contribution in [0, 0.1) is 16.7 Å². The van der Waals surface area contributed by atoms with Crippen molar-refractivity contribution in [3.63, 3.8) is 0 Å². The maximum atomic E-state index is 9.63. The van der Waals surface area contributed by atoms with Gasteiger partial charge in [-0.2, -0.15) is 5.26 Å². The van der Waals surface area contributed by atoms with E-state index in [4.69, 9.17) is 10.00 Å². The molecule has 0 spiro atoms. The Labute approximate surface area is 115 Å². The quantitative estimate of drug-likeness (QED) is 0.759. The first-order chi connectivity index (χ1) is 8.96. The van der Waals surface area contributed by atoms with Crippen LogP contribution in [0.4, 0.5) is 0 Å². The number of para-hydroxylation sites is 1. The van der Waals surface area contributed by atoms with E-state index in [-0.39, 0.29) is 5.41 Å². The molecule has 19 heavy (non-hydrogen) atoms. The molecule has 0 radical (unpaired) electrons. The minimum Gasteiger partial charge on any atom is -0.493 e. The molecule has 3 nitrogen and oxygen atoms in total. The van der Waals surface area contributed by atoms with E-state index in [0.29, 0.717) is 6.61 Å². The van der Waals surface area contributed by atoms with E-state index >= 15 is 0 Å². The fraction of sp³-hybridized carbons (Fsp3) is 0.562. The van der Waals surface area contributed by atoms with Gasteiger partial charge in [0.05, 0.1) is 24.2 Å². The van der Waals surface area contributed by atoms with Gasteiger partial charge in [0, 0.05) is 5.56 Å². The third kappa shape index (κ3) is 5.32. The summed E-state index contributed by atoms with van der Waals surface area (Å²) in [4.78, 5) is 0. The van der Waals surface area contributed by atoms with Gasteiger partial charge in [0.15, 0.2) is 0 Å². The Balaban J connectivity index is 2.37. The molecular formula is C16H23NO2. The van der Waals surface area contributed by atoms with Crippen molar-refractivity contribution in [1.29, 1.82) is 5.26 Å². The number of benzene rings is 1. The zero-order valence-electron chi connectivity index (χ0n) is 12.0. The van der Waals surface area contributed by atoms with Crippen LogP contribution in [0.15, 0.2) is 24.3 Å². The van der Waals surface area contributed by atoms with E-state index in [9.17, 15) is 5.11 Å². The van der Waals surface area contributed by atoms with Crippen molar-refractivity contribution in [2.24, 2.45) is 5.41 Å². The van der Waals surface area contributed by atoms with Gasteiger partial charge in [-0.15, -0.1) is 0 Å². The lowest BCUT2D eigenvalue weighted by Crippen LogP contribution is -2.08. The summed E-state index contributed by atoms with van der Waals surface area (Å²) in [7, 11) is 0. The van der Waals surface area contributed by atoms with Crippen LogP contribution in [0.25, 0.3) is 0 Å². The highest BCUT2D eigenvalue weighted by Crippen LogP contribution is 2.25. The van der Waals surface area contributed by atoms with Gasteiger partial charge in [0.25, 0.3) is 0 Å². The summed E-state index contributed by atoms with van der Waals surface area (Å²) < 4.78 is 5.70. The van der Waals surface area contributed by atoms with Gasteiger partial charge in [-0.3, -0.25) is 0 Å². The Hall–Kier alpha value is -1.53. The minimum atomic E-state index is -0.520. The van der Waals surface area contributed by atoms with E-state index in [1.165, 1.54) is 0 Å². The number of rotatable bonds is 7. The molecule has 0 saturated heterocycles. The lowest BCUT2D eigenvalue weighted by Gasteiger charge is -2.15. The summed E-state index contributed by atoms with van der Waals surface area (Å²) in [5.41, 5.74) is 0.567. The van der Waals surface area contributed by atoms with Crippen molar-refractivity contribution in [3.8, 4) is 11.8 Å². The second kappa shape index (κ2) is 7.16. The number of hydrogen-bond donors (Lipinski definition) is 1. The van der Waals surface area contributed by atoms with E-state index in [2.05, 4.69) is 6.07 Å². The van der Waals surface area contributed by atoms with Crippen molar-refractivity contribution in [2.75, 3.05) is 6.61 Å². The van der Waals surface area contributed by atoms with Crippen LogP contribution in [0.2, 0.25) is 0 Å². The van der Waals surface area contributed by atoms with E-state index in [0.717, 1.165) is 30.6 Å². The van der Waals surface area contributed by atoms with Crippen molar-refractivity contribution < 1.29 is 9.84 Å².